The molecule has 0 rings (SSSR count). The molecule has 0 heterocycles. The second kappa shape index (κ2) is 9.95. The third kappa shape index (κ3) is 10.6. The average Bonchev–Trinajstić information content (AvgIpc) is 2.39. The van der Waals surface area contributed by atoms with Gasteiger partial charge in [0.2, 0.25) is 0 Å². The Morgan fingerprint density at radius 2 is 1.62 bits per heavy atom. The second-order valence-electron chi connectivity index (χ2n) is 6.91. The lowest BCUT2D eigenvalue weighted by atomic mass is 10.0. The molecule has 138 valence electrons. The number of rotatable bonds is 8. The molecule has 1 unspecified atom stereocenters. The second-order valence-corrected chi connectivity index (χ2v) is 6.91. The molecular formula is C17H29NO6. The lowest BCUT2D eigenvalue weighted by Crippen LogP contribution is -2.45. The molecule has 7 nitrogen and oxygen atoms in total. The van der Waals surface area contributed by atoms with Crippen LogP contribution < -0.4 is 5.32 Å². The van der Waals surface area contributed by atoms with Crippen LogP contribution in [0.25, 0.3) is 0 Å². The van der Waals surface area contributed by atoms with E-state index in [9.17, 15) is 14.4 Å². The van der Waals surface area contributed by atoms with Crippen LogP contribution in [0.15, 0.2) is 12.2 Å². The molecule has 0 bridgehead atoms. The first kappa shape index (κ1) is 21.9. The van der Waals surface area contributed by atoms with Crippen LogP contribution in [0.2, 0.25) is 0 Å². The average molecular weight is 343 g/mol. The fourth-order valence-corrected chi connectivity index (χ4v) is 1.64. The minimum Gasteiger partial charge on any atom is -0.461 e. The molecule has 0 aromatic carbocycles. The summed E-state index contributed by atoms with van der Waals surface area (Å²) >= 11 is 0. The van der Waals surface area contributed by atoms with Gasteiger partial charge in [0.1, 0.15) is 24.9 Å². The van der Waals surface area contributed by atoms with Crippen molar-refractivity contribution in [1.82, 2.24) is 5.32 Å². The van der Waals surface area contributed by atoms with E-state index >= 15 is 0 Å². The highest BCUT2D eigenvalue weighted by atomic mass is 16.6. The van der Waals surface area contributed by atoms with Crippen molar-refractivity contribution in [2.24, 2.45) is 5.92 Å². The number of alkyl carbamates (subject to hydrolysis) is 1. The van der Waals surface area contributed by atoms with Crippen molar-refractivity contribution < 1.29 is 28.6 Å². The van der Waals surface area contributed by atoms with Gasteiger partial charge in [-0.25, -0.2) is 14.4 Å². The molecular weight excluding hydrogens is 314 g/mol. The van der Waals surface area contributed by atoms with Crippen molar-refractivity contribution in [3.8, 4) is 0 Å². The Balaban J connectivity index is 4.47. The quantitative estimate of drug-likeness (QED) is 0.315. The van der Waals surface area contributed by atoms with Crippen molar-refractivity contribution in [3.05, 3.63) is 12.2 Å². The molecule has 0 aromatic heterocycles. The summed E-state index contributed by atoms with van der Waals surface area (Å²) in [6.07, 6.45) is -0.275. The molecule has 7 heteroatoms. The van der Waals surface area contributed by atoms with Crippen LogP contribution in [0, 0.1) is 5.92 Å². The van der Waals surface area contributed by atoms with Crippen LogP contribution in [0.3, 0.4) is 0 Å². The smallest absolute Gasteiger partial charge is 0.408 e. The highest BCUT2D eigenvalue weighted by Gasteiger charge is 2.26. The summed E-state index contributed by atoms with van der Waals surface area (Å²) in [6.45, 7) is 13.9. The normalized spacial score (nSPS) is 12.3. The van der Waals surface area contributed by atoms with Gasteiger partial charge in [0.15, 0.2) is 0 Å². The van der Waals surface area contributed by atoms with Gasteiger partial charge in [-0.3, -0.25) is 0 Å². The number of nitrogens with one attached hydrogen (secondary N) is 1. The van der Waals surface area contributed by atoms with E-state index < -0.39 is 29.7 Å². The van der Waals surface area contributed by atoms with Crippen molar-refractivity contribution in [1.29, 1.82) is 0 Å². The molecule has 0 radical (unpaired) electrons. The summed E-state index contributed by atoms with van der Waals surface area (Å²) < 4.78 is 15.0. The van der Waals surface area contributed by atoms with E-state index in [2.05, 4.69) is 11.9 Å². The standard InChI is InChI=1S/C17H29NO6/c1-11(2)10-13(18-16(21)24-17(5,6)7)15(20)23-9-8-22-14(19)12(3)4/h11,13H,3,8-10H2,1-2,4-7H3,(H,18,21). The van der Waals surface area contributed by atoms with Gasteiger partial charge in [-0.15, -0.1) is 0 Å². The first-order valence-corrected chi connectivity index (χ1v) is 7.91. The topological polar surface area (TPSA) is 90.9 Å². The number of esters is 2. The zero-order chi connectivity index (χ0) is 18.9. The maximum atomic E-state index is 12.1. The van der Waals surface area contributed by atoms with Gasteiger partial charge < -0.3 is 19.5 Å². The highest BCUT2D eigenvalue weighted by molar-refractivity contribution is 5.87. The van der Waals surface area contributed by atoms with E-state index in [1.165, 1.54) is 6.92 Å². The molecule has 0 aromatic rings. The Bertz CT molecular complexity index is 464. The fourth-order valence-electron chi connectivity index (χ4n) is 1.64. The Morgan fingerprint density at radius 1 is 1.08 bits per heavy atom. The van der Waals surface area contributed by atoms with Crippen LogP contribution in [-0.2, 0) is 23.8 Å². The van der Waals surface area contributed by atoms with Gasteiger partial charge in [0, 0.05) is 5.57 Å². The lowest BCUT2D eigenvalue weighted by molar-refractivity contribution is -0.152. The van der Waals surface area contributed by atoms with Crippen LogP contribution >= 0.6 is 0 Å². The molecule has 1 amide bonds. The molecule has 0 saturated carbocycles. The first-order valence-electron chi connectivity index (χ1n) is 7.91. The van der Waals surface area contributed by atoms with Gasteiger partial charge >= 0.3 is 18.0 Å². The van der Waals surface area contributed by atoms with E-state index in [0.717, 1.165) is 0 Å². The van der Waals surface area contributed by atoms with Crippen molar-refractivity contribution >= 4 is 18.0 Å². The number of carbonyl (C=O) groups is 3. The van der Waals surface area contributed by atoms with Gasteiger partial charge in [0.25, 0.3) is 0 Å². The van der Waals surface area contributed by atoms with E-state index in [1.54, 1.807) is 20.8 Å². The number of amides is 1. The number of hydrogen-bond donors (Lipinski definition) is 1. The minimum absolute atomic E-state index is 0.0712. The fraction of sp³-hybridized carbons (Fsp3) is 0.706. The Kier molecular flexibility index (Phi) is 9.10. The number of hydrogen-bond acceptors (Lipinski definition) is 6. The van der Waals surface area contributed by atoms with Gasteiger partial charge in [-0.1, -0.05) is 20.4 Å². The molecule has 0 saturated heterocycles. The monoisotopic (exact) mass is 343 g/mol. The third-order valence-corrected chi connectivity index (χ3v) is 2.59. The van der Waals surface area contributed by atoms with Gasteiger partial charge in [-0.2, -0.15) is 0 Å². The van der Waals surface area contributed by atoms with E-state index in [0.29, 0.717) is 6.42 Å². The van der Waals surface area contributed by atoms with Crippen LogP contribution in [0.4, 0.5) is 4.79 Å². The maximum absolute atomic E-state index is 12.1. The van der Waals surface area contributed by atoms with Crippen LogP contribution in [0.1, 0.15) is 48.0 Å². The van der Waals surface area contributed by atoms with Crippen LogP contribution in [-0.4, -0.2) is 42.9 Å². The summed E-state index contributed by atoms with van der Waals surface area (Å²) in [6, 6.07) is -0.823. The summed E-state index contributed by atoms with van der Waals surface area (Å²) in [7, 11) is 0. The highest BCUT2D eigenvalue weighted by Crippen LogP contribution is 2.10. The zero-order valence-electron chi connectivity index (χ0n) is 15.4. The van der Waals surface area contributed by atoms with E-state index in [-0.39, 0.29) is 24.7 Å². The molecule has 0 fully saturated rings. The Labute approximate surface area is 143 Å². The summed E-state index contributed by atoms with van der Waals surface area (Å²) in [5.74, 6) is -0.976. The predicted octanol–water partition coefficient (Wildman–Crippen LogP) is 2.59. The summed E-state index contributed by atoms with van der Waals surface area (Å²) in [4.78, 5) is 35.1. The third-order valence-electron chi connectivity index (χ3n) is 2.59. The molecule has 0 aliphatic heterocycles. The molecule has 24 heavy (non-hydrogen) atoms. The molecule has 0 spiro atoms. The summed E-state index contributed by atoms with van der Waals surface area (Å²) in [5.41, 5.74) is -0.391. The maximum Gasteiger partial charge on any atom is 0.408 e. The minimum atomic E-state index is -0.823. The van der Waals surface area contributed by atoms with Crippen LogP contribution in [0.5, 0.6) is 0 Å². The van der Waals surface area contributed by atoms with Gasteiger partial charge in [0.05, 0.1) is 0 Å². The van der Waals surface area contributed by atoms with E-state index in [1.807, 2.05) is 13.8 Å². The largest absolute Gasteiger partial charge is 0.461 e. The molecule has 1 N–H and O–H groups in total. The Morgan fingerprint density at radius 3 is 2.08 bits per heavy atom. The SMILES string of the molecule is C=C(C)C(=O)OCCOC(=O)C(CC(C)C)NC(=O)OC(C)(C)C. The molecule has 0 aliphatic rings. The van der Waals surface area contributed by atoms with Gasteiger partial charge in [-0.05, 0) is 40.0 Å². The zero-order valence-corrected chi connectivity index (χ0v) is 15.4. The van der Waals surface area contributed by atoms with Crippen molar-refractivity contribution in [3.63, 3.8) is 0 Å². The number of ether oxygens (including phenoxy) is 3. The summed E-state index contributed by atoms with van der Waals surface area (Å²) in [5, 5.41) is 2.52. The Hall–Kier alpha value is -2.05. The number of carbonyl (C=O) groups excluding carboxylic acids is 3. The van der Waals surface area contributed by atoms with Crippen molar-refractivity contribution in [2.45, 2.75) is 59.6 Å². The van der Waals surface area contributed by atoms with E-state index in [4.69, 9.17) is 14.2 Å². The predicted molar refractivity (Wildman–Crippen MR) is 89.3 cm³/mol. The molecule has 1 atom stereocenters. The lowest BCUT2D eigenvalue weighted by Gasteiger charge is -2.23. The van der Waals surface area contributed by atoms with Crippen molar-refractivity contribution in [2.75, 3.05) is 13.2 Å². The first-order chi connectivity index (χ1) is 10.9. The molecule has 0 aliphatic carbocycles.